The summed E-state index contributed by atoms with van der Waals surface area (Å²) in [5.41, 5.74) is 0.389. The SMILES string of the molecule is CCOC(=O)N1CCN(c2nccc(C(=O)N3CCOCC3)n2)CC1. The van der Waals surface area contributed by atoms with Gasteiger partial charge in [-0.05, 0) is 13.0 Å². The van der Waals surface area contributed by atoms with Gasteiger partial charge in [0.15, 0.2) is 0 Å². The average molecular weight is 349 g/mol. The Morgan fingerprint density at radius 3 is 2.52 bits per heavy atom. The Morgan fingerprint density at radius 2 is 1.84 bits per heavy atom. The molecule has 0 aromatic carbocycles. The van der Waals surface area contributed by atoms with Crippen molar-refractivity contribution in [2.75, 3.05) is 64.0 Å². The standard InChI is InChI=1S/C16H23N5O4/c1-2-25-16(23)21-7-5-20(6-8-21)15-17-4-3-13(18-15)14(22)19-9-11-24-12-10-19/h3-4H,2,5-12H2,1H3. The maximum Gasteiger partial charge on any atom is 0.409 e. The predicted molar refractivity (Wildman–Crippen MR) is 89.6 cm³/mol. The Kier molecular flexibility index (Phi) is 5.64. The number of anilines is 1. The molecule has 0 radical (unpaired) electrons. The summed E-state index contributed by atoms with van der Waals surface area (Å²) in [6.45, 7) is 6.73. The fraction of sp³-hybridized carbons (Fsp3) is 0.625. The second-order valence-electron chi connectivity index (χ2n) is 5.82. The summed E-state index contributed by atoms with van der Waals surface area (Å²) in [6.07, 6.45) is 1.31. The van der Waals surface area contributed by atoms with E-state index in [1.807, 2.05) is 4.90 Å². The number of morpholine rings is 1. The summed E-state index contributed by atoms with van der Waals surface area (Å²) in [6, 6.07) is 1.64. The number of piperazine rings is 1. The van der Waals surface area contributed by atoms with Gasteiger partial charge in [0.05, 0.1) is 19.8 Å². The molecular formula is C16H23N5O4. The second kappa shape index (κ2) is 8.11. The largest absolute Gasteiger partial charge is 0.450 e. The first-order valence-electron chi connectivity index (χ1n) is 8.55. The van der Waals surface area contributed by atoms with Gasteiger partial charge in [-0.25, -0.2) is 14.8 Å². The van der Waals surface area contributed by atoms with E-state index in [0.717, 1.165) is 0 Å². The van der Waals surface area contributed by atoms with Gasteiger partial charge in [0.25, 0.3) is 5.91 Å². The van der Waals surface area contributed by atoms with Crippen molar-refractivity contribution >= 4 is 17.9 Å². The Morgan fingerprint density at radius 1 is 1.12 bits per heavy atom. The molecule has 2 aliphatic heterocycles. The van der Waals surface area contributed by atoms with E-state index in [0.29, 0.717) is 70.7 Å². The van der Waals surface area contributed by atoms with Crippen LogP contribution < -0.4 is 4.90 Å². The van der Waals surface area contributed by atoms with Crippen LogP contribution in [0.5, 0.6) is 0 Å². The molecule has 0 spiro atoms. The smallest absolute Gasteiger partial charge is 0.409 e. The van der Waals surface area contributed by atoms with Crippen molar-refractivity contribution in [3.63, 3.8) is 0 Å². The van der Waals surface area contributed by atoms with Crippen LogP contribution in [0.15, 0.2) is 12.3 Å². The van der Waals surface area contributed by atoms with Crippen LogP contribution in [0.4, 0.5) is 10.7 Å². The number of ether oxygens (including phenoxy) is 2. The molecule has 0 saturated carbocycles. The van der Waals surface area contributed by atoms with Gasteiger partial charge < -0.3 is 24.2 Å². The van der Waals surface area contributed by atoms with Crippen LogP contribution in [-0.2, 0) is 9.47 Å². The highest BCUT2D eigenvalue weighted by molar-refractivity contribution is 5.92. The topological polar surface area (TPSA) is 88.1 Å². The number of carbonyl (C=O) groups is 2. The maximum absolute atomic E-state index is 12.5. The fourth-order valence-corrected chi connectivity index (χ4v) is 2.85. The van der Waals surface area contributed by atoms with Gasteiger partial charge in [-0.1, -0.05) is 0 Å². The van der Waals surface area contributed by atoms with Crippen molar-refractivity contribution in [3.05, 3.63) is 18.0 Å². The van der Waals surface area contributed by atoms with Crippen molar-refractivity contribution < 1.29 is 19.1 Å². The summed E-state index contributed by atoms with van der Waals surface area (Å²) in [4.78, 5) is 38.4. The first kappa shape index (κ1) is 17.4. The van der Waals surface area contributed by atoms with E-state index in [-0.39, 0.29) is 12.0 Å². The van der Waals surface area contributed by atoms with Crippen molar-refractivity contribution in [1.29, 1.82) is 0 Å². The molecular weight excluding hydrogens is 326 g/mol. The Labute approximate surface area is 146 Å². The lowest BCUT2D eigenvalue weighted by Gasteiger charge is -2.34. The van der Waals surface area contributed by atoms with Crippen LogP contribution in [0.3, 0.4) is 0 Å². The molecule has 2 amide bonds. The minimum absolute atomic E-state index is 0.0999. The van der Waals surface area contributed by atoms with Crippen LogP contribution >= 0.6 is 0 Å². The summed E-state index contributed by atoms with van der Waals surface area (Å²) in [7, 11) is 0. The quantitative estimate of drug-likeness (QED) is 0.772. The van der Waals surface area contributed by atoms with Crippen molar-refractivity contribution in [3.8, 4) is 0 Å². The average Bonchev–Trinajstić information content (AvgIpc) is 2.68. The lowest BCUT2D eigenvalue weighted by Crippen LogP contribution is -2.49. The van der Waals surface area contributed by atoms with E-state index in [1.165, 1.54) is 0 Å². The minimum atomic E-state index is -0.292. The molecule has 0 bridgehead atoms. The fourth-order valence-electron chi connectivity index (χ4n) is 2.85. The van der Waals surface area contributed by atoms with Gasteiger partial charge in [-0.2, -0.15) is 0 Å². The number of carbonyl (C=O) groups excluding carboxylic acids is 2. The van der Waals surface area contributed by atoms with E-state index >= 15 is 0 Å². The molecule has 0 atom stereocenters. The molecule has 136 valence electrons. The predicted octanol–water partition coefficient (Wildman–Crippen LogP) is 0.228. The van der Waals surface area contributed by atoms with Crippen LogP contribution in [0.2, 0.25) is 0 Å². The molecule has 25 heavy (non-hydrogen) atoms. The van der Waals surface area contributed by atoms with Gasteiger partial charge in [0, 0.05) is 45.5 Å². The van der Waals surface area contributed by atoms with E-state index in [1.54, 1.807) is 29.0 Å². The first-order chi connectivity index (χ1) is 12.2. The molecule has 0 unspecified atom stereocenters. The van der Waals surface area contributed by atoms with Crippen LogP contribution in [0.25, 0.3) is 0 Å². The van der Waals surface area contributed by atoms with Crippen molar-refractivity contribution in [1.82, 2.24) is 19.8 Å². The van der Waals surface area contributed by atoms with Gasteiger partial charge in [0.1, 0.15) is 5.69 Å². The minimum Gasteiger partial charge on any atom is -0.450 e. The third-order valence-corrected chi connectivity index (χ3v) is 4.25. The highest BCUT2D eigenvalue weighted by atomic mass is 16.6. The molecule has 2 aliphatic rings. The summed E-state index contributed by atoms with van der Waals surface area (Å²) < 4.78 is 10.3. The number of rotatable bonds is 3. The van der Waals surface area contributed by atoms with Crippen LogP contribution in [0, 0.1) is 0 Å². The number of hydrogen-bond acceptors (Lipinski definition) is 7. The van der Waals surface area contributed by atoms with Crippen molar-refractivity contribution in [2.45, 2.75) is 6.92 Å². The molecule has 3 heterocycles. The summed E-state index contributed by atoms with van der Waals surface area (Å²) >= 11 is 0. The Hall–Kier alpha value is -2.42. The van der Waals surface area contributed by atoms with E-state index in [9.17, 15) is 9.59 Å². The molecule has 3 rings (SSSR count). The maximum atomic E-state index is 12.5. The number of aromatic nitrogens is 2. The molecule has 9 heteroatoms. The molecule has 1 aromatic heterocycles. The number of amides is 2. The zero-order valence-electron chi connectivity index (χ0n) is 14.4. The van der Waals surface area contributed by atoms with Crippen LogP contribution in [-0.4, -0.2) is 90.9 Å². The van der Waals surface area contributed by atoms with Crippen LogP contribution in [0.1, 0.15) is 17.4 Å². The molecule has 9 nitrogen and oxygen atoms in total. The summed E-state index contributed by atoms with van der Waals surface area (Å²) in [5.74, 6) is 0.416. The molecule has 2 saturated heterocycles. The van der Waals surface area contributed by atoms with E-state index < -0.39 is 0 Å². The monoisotopic (exact) mass is 349 g/mol. The number of nitrogens with zero attached hydrogens (tertiary/aromatic N) is 5. The van der Waals surface area contributed by atoms with E-state index in [2.05, 4.69) is 9.97 Å². The lowest BCUT2D eigenvalue weighted by atomic mass is 10.3. The highest BCUT2D eigenvalue weighted by Crippen LogP contribution is 2.13. The van der Waals surface area contributed by atoms with Gasteiger partial charge >= 0.3 is 6.09 Å². The van der Waals surface area contributed by atoms with E-state index in [4.69, 9.17) is 9.47 Å². The second-order valence-corrected chi connectivity index (χ2v) is 5.82. The van der Waals surface area contributed by atoms with Gasteiger partial charge in [-0.3, -0.25) is 4.79 Å². The zero-order chi connectivity index (χ0) is 17.6. The summed E-state index contributed by atoms with van der Waals surface area (Å²) in [5, 5.41) is 0. The zero-order valence-corrected chi connectivity index (χ0v) is 14.4. The third-order valence-electron chi connectivity index (χ3n) is 4.25. The Bertz CT molecular complexity index is 612. The van der Waals surface area contributed by atoms with Gasteiger partial charge in [-0.15, -0.1) is 0 Å². The lowest BCUT2D eigenvalue weighted by molar-refractivity contribution is 0.0299. The van der Waals surface area contributed by atoms with Gasteiger partial charge in [0.2, 0.25) is 5.95 Å². The Balaban J connectivity index is 1.62. The molecule has 1 aromatic rings. The first-order valence-corrected chi connectivity index (χ1v) is 8.55. The molecule has 0 aliphatic carbocycles. The molecule has 0 N–H and O–H groups in total. The van der Waals surface area contributed by atoms with Crippen molar-refractivity contribution in [2.24, 2.45) is 0 Å². The molecule has 2 fully saturated rings. The number of hydrogen-bond donors (Lipinski definition) is 0. The highest BCUT2D eigenvalue weighted by Gasteiger charge is 2.25. The normalized spacial score (nSPS) is 18.2. The third kappa shape index (κ3) is 4.16.